The Kier molecular flexibility index (Phi) is 0.927. The highest BCUT2D eigenvalue weighted by Gasteiger charge is 1.91. The van der Waals surface area contributed by atoms with Crippen LogP contribution in [0.25, 0.3) is 10.2 Å². The Morgan fingerprint density at radius 2 is 2.11 bits per heavy atom. The second kappa shape index (κ2) is 1.73. The summed E-state index contributed by atoms with van der Waals surface area (Å²) in [4.78, 5) is 4.03. The van der Waals surface area contributed by atoms with Crippen molar-refractivity contribution >= 4 is 21.6 Å². The first kappa shape index (κ1) is 4.81. The number of aromatic nitrogens is 3. The molecule has 0 saturated carbocycles. The molecule has 0 unspecified atom stereocenters. The van der Waals surface area contributed by atoms with Crippen LogP contribution in [0.15, 0.2) is 17.9 Å². The van der Waals surface area contributed by atoms with Crippen molar-refractivity contribution in [2.45, 2.75) is 0 Å². The van der Waals surface area contributed by atoms with Gasteiger partial charge in [0.15, 0.2) is 0 Å². The largest absolute Gasteiger partial charge is 0.243 e. The topological polar surface area (TPSA) is 38.7 Å². The van der Waals surface area contributed by atoms with Gasteiger partial charge >= 0.3 is 0 Å². The van der Waals surface area contributed by atoms with E-state index in [1.807, 2.05) is 0 Å². The van der Waals surface area contributed by atoms with Crippen molar-refractivity contribution in [2.75, 3.05) is 0 Å². The van der Waals surface area contributed by atoms with Gasteiger partial charge < -0.3 is 0 Å². The van der Waals surface area contributed by atoms with Crippen molar-refractivity contribution in [1.29, 1.82) is 0 Å². The Hall–Kier alpha value is -1.03. The number of thiazole rings is 1. The van der Waals surface area contributed by atoms with Gasteiger partial charge in [0, 0.05) is 0 Å². The van der Waals surface area contributed by atoms with Gasteiger partial charge in [-0.3, -0.25) is 0 Å². The molecule has 0 spiro atoms. The fourth-order valence-electron chi connectivity index (χ4n) is 0.631. The van der Waals surface area contributed by atoms with E-state index < -0.39 is 0 Å². The van der Waals surface area contributed by atoms with E-state index in [0.29, 0.717) is 0 Å². The van der Waals surface area contributed by atoms with E-state index in [-0.39, 0.29) is 0 Å². The van der Waals surface area contributed by atoms with Crippen LogP contribution in [0, 0.1) is 0 Å². The van der Waals surface area contributed by atoms with Crippen LogP contribution in [-0.4, -0.2) is 15.2 Å². The maximum absolute atomic E-state index is 4.03. The molecule has 2 rings (SSSR count). The van der Waals surface area contributed by atoms with Crippen molar-refractivity contribution < 1.29 is 0 Å². The summed E-state index contributed by atoms with van der Waals surface area (Å²) in [5.41, 5.74) is 2.71. The van der Waals surface area contributed by atoms with E-state index in [2.05, 4.69) is 15.2 Å². The Bertz CT molecular complexity index is 286. The van der Waals surface area contributed by atoms with Crippen LogP contribution in [0.3, 0.4) is 0 Å². The van der Waals surface area contributed by atoms with E-state index in [1.165, 1.54) is 0 Å². The highest BCUT2D eigenvalue weighted by molar-refractivity contribution is 7.16. The third-order valence-corrected chi connectivity index (χ3v) is 1.82. The first-order valence-electron chi connectivity index (χ1n) is 2.47. The molecule has 0 fully saturated rings. The summed E-state index contributed by atoms with van der Waals surface area (Å²) in [6, 6.07) is 0. The maximum atomic E-state index is 4.03. The van der Waals surface area contributed by atoms with Crippen molar-refractivity contribution in [1.82, 2.24) is 15.2 Å². The second-order valence-corrected chi connectivity index (χ2v) is 2.48. The Morgan fingerprint density at radius 1 is 1.22 bits per heavy atom. The van der Waals surface area contributed by atoms with Gasteiger partial charge in [-0.1, -0.05) is 0 Å². The minimum Gasteiger partial charge on any atom is -0.243 e. The first-order valence-corrected chi connectivity index (χ1v) is 3.35. The normalized spacial score (nSPS) is 10.2. The van der Waals surface area contributed by atoms with Crippen LogP contribution in [0.5, 0.6) is 0 Å². The molecule has 4 heteroatoms. The molecule has 0 amide bonds. The van der Waals surface area contributed by atoms with Crippen LogP contribution >= 0.6 is 11.3 Å². The fraction of sp³-hybridized carbons (Fsp3) is 0. The van der Waals surface area contributed by atoms with Gasteiger partial charge in [-0.25, -0.2) is 4.98 Å². The molecule has 0 bridgehead atoms. The minimum atomic E-state index is 0.926. The molecule has 0 aliphatic heterocycles. The van der Waals surface area contributed by atoms with Crippen LogP contribution in [0.1, 0.15) is 0 Å². The van der Waals surface area contributed by atoms with Crippen molar-refractivity contribution in [3.05, 3.63) is 17.9 Å². The molecule has 9 heavy (non-hydrogen) atoms. The highest BCUT2D eigenvalue weighted by atomic mass is 32.1. The molecule has 2 heterocycles. The summed E-state index contributed by atoms with van der Waals surface area (Å²) in [6.07, 6.45) is 3.37. The summed E-state index contributed by atoms with van der Waals surface area (Å²) in [5, 5.41) is 7.38. The van der Waals surface area contributed by atoms with E-state index in [0.717, 1.165) is 10.2 Å². The van der Waals surface area contributed by atoms with Gasteiger partial charge in [0.2, 0.25) is 0 Å². The van der Waals surface area contributed by atoms with Crippen molar-refractivity contribution in [3.63, 3.8) is 0 Å². The molecule has 0 radical (unpaired) electrons. The summed E-state index contributed by atoms with van der Waals surface area (Å²) in [5.74, 6) is 0. The summed E-state index contributed by atoms with van der Waals surface area (Å²) >= 11 is 1.57. The summed E-state index contributed by atoms with van der Waals surface area (Å²) < 4.78 is 1.09. The highest BCUT2D eigenvalue weighted by Crippen LogP contribution is 2.12. The SMILES string of the molecule is c1nc2cnncc2s1. The molecule has 0 saturated heterocycles. The summed E-state index contributed by atoms with van der Waals surface area (Å²) in [6.45, 7) is 0. The average Bonchev–Trinajstić information content (AvgIpc) is 2.33. The second-order valence-electron chi connectivity index (χ2n) is 1.59. The molecule has 0 aliphatic rings. The van der Waals surface area contributed by atoms with Crippen molar-refractivity contribution in [2.24, 2.45) is 0 Å². The van der Waals surface area contributed by atoms with Crippen LogP contribution < -0.4 is 0 Å². The molecule has 2 aromatic rings. The quantitative estimate of drug-likeness (QED) is 0.545. The minimum absolute atomic E-state index is 0.926. The molecule has 44 valence electrons. The van der Waals surface area contributed by atoms with E-state index in [4.69, 9.17) is 0 Å². The van der Waals surface area contributed by atoms with Gasteiger partial charge in [-0.15, -0.1) is 11.3 Å². The Morgan fingerprint density at radius 3 is 3.00 bits per heavy atom. The lowest BCUT2D eigenvalue weighted by Gasteiger charge is -1.78. The Balaban J connectivity index is 2.95. The molecule has 0 aromatic carbocycles. The molecule has 0 atom stereocenters. The number of fused-ring (bicyclic) bond motifs is 1. The number of hydrogen-bond donors (Lipinski definition) is 0. The van der Waals surface area contributed by atoms with Crippen LogP contribution in [0.2, 0.25) is 0 Å². The van der Waals surface area contributed by atoms with E-state index in [9.17, 15) is 0 Å². The van der Waals surface area contributed by atoms with Gasteiger partial charge in [0.05, 0.1) is 22.6 Å². The zero-order chi connectivity index (χ0) is 6.10. The van der Waals surface area contributed by atoms with Gasteiger partial charge in [-0.05, 0) is 0 Å². The molecule has 3 nitrogen and oxygen atoms in total. The first-order chi connectivity index (χ1) is 4.47. The van der Waals surface area contributed by atoms with Crippen molar-refractivity contribution in [3.8, 4) is 0 Å². The molecule has 0 aliphatic carbocycles. The van der Waals surface area contributed by atoms with E-state index >= 15 is 0 Å². The number of rotatable bonds is 0. The van der Waals surface area contributed by atoms with Crippen LogP contribution in [-0.2, 0) is 0 Å². The van der Waals surface area contributed by atoms with Gasteiger partial charge in [0.1, 0.15) is 5.52 Å². The van der Waals surface area contributed by atoms with Gasteiger partial charge in [-0.2, -0.15) is 10.2 Å². The summed E-state index contributed by atoms with van der Waals surface area (Å²) in [7, 11) is 0. The molecular weight excluding hydrogens is 134 g/mol. The predicted molar refractivity (Wildman–Crippen MR) is 35.2 cm³/mol. The van der Waals surface area contributed by atoms with Gasteiger partial charge in [0.25, 0.3) is 0 Å². The monoisotopic (exact) mass is 137 g/mol. The lowest BCUT2D eigenvalue weighted by Crippen LogP contribution is -1.75. The maximum Gasteiger partial charge on any atom is 0.103 e. The zero-order valence-corrected chi connectivity index (χ0v) is 5.30. The smallest absolute Gasteiger partial charge is 0.103 e. The molecular formula is C5H3N3S. The third-order valence-electron chi connectivity index (χ3n) is 1.05. The lowest BCUT2D eigenvalue weighted by molar-refractivity contribution is 1.05. The van der Waals surface area contributed by atoms with Crippen LogP contribution in [0.4, 0.5) is 0 Å². The average molecular weight is 137 g/mol. The fourth-order valence-corrected chi connectivity index (χ4v) is 1.25. The number of nitrogens with zero attached hydrogens (tertiary/aromatic N) is 3. The van der Waals surface area contributed by atoms with E-state index in [1.54, 1.807) is 29.2 Å². The number of hydrogen-bond acceptors (Lipinski definition) is 4. The zero-order valence-electron chi connectivity index (χ0n) is 4.48. The Labute approximate surface area is 55.4 Å². The molecule has 0 N–H and O–H groups in total. The third kappa shape index (κ3) is 0.675. The lowest BCUT2D eigenvalue weighted by atomic mass is 10.5. The molecule has 2 aromatic heterocycles. The predicted octanol–water partition coefficient (Wildman–Crippen LogP) is 1.09. The standard InChI is InChI=1S/C5H3N3S/c1-4-5(2-8-7-1)9-3-6-4/h1-3H.